The van der Waals surface area contributed by atoms with Gasteiger partial charge in [-0.2, -0.15) is 0 Å². The van der Waals surface area contributed by atoms with Crippen molar-refractivity contribution in [3.05, 3.63) is 71.5 Å². The van der Waals surface area contributed by atoms with Crippen LogP contribution in [-0.4, -0.2) is 31.2 Å². The lowest BCUT2D eigenvalue weighted by Gasteiger charge is -2.23. The van der Waals surface area contributed by atoms with E-state index in [4.69, 9.17) is 4.42 Å². The third-order valence-corrected chi connectivity index (χ3v) is 4.22. The van der Waals surface area contributed by atoms with Crippen LogP contribution in [0.25, 0.3) is 11.0 Å². The lowest BCUT2D eigenvalue weighted by molar-refractivity contribution is 0.0727. The smallest absolute Gasteiger partial charge is 0.254 e. The lowest BCUT2D eigenvalue weighted by Crippen LogP contribution is -2.29. The molecule has 0 aliphatic carbocycles. The Morgan fingerprint density at radius 1 is 1.20 bits per heavy atom. The van der Waals surface area contributed by atoms with E-state index < -0.39 is 0 Å². The van der Waals surface area contributed by atoms with Crippen LogP contribution in [0.1, 0.15) is 34.6 Å². The van der Waals surface area contributed by atoms with Crippen LogP contribution < -0.4 is 0 Å². The van der Waals surface area contributed by atoms with Crippen LogP contribution in [0.2, 0.25) is 0 Å². The minimum absolute atomic E-state index is 0.0665. The van der Waals surface area contributed by atoms with Gasteiger partial charge in [0.15, 0.2) is 0 Å². The van der Waals surface area contributed by atoms with Crippen LogP contribution in [0.4, 0.5) is 0 Å². The number of hydrogen-bond acceptors (Lipinski definition) is 4. The van der Waals surface area contributed by atoms with E-state index in [0.717, 1.165) is 22.3 Å². The number of carbonyl (C=O) groups excluding carboxylic acids is 1. The van der Waals surface area contributed by atoms with Crippen LogP contribution >= 0.6 is 0 Å². The van der Waals surface area contributed by atoms with Crippen molar-refractivity contribution >= 4 is 23.1 Å². The molecule has 3 rings (SSSR count). The highest BCUT2D eigenvalue weighted by atomic mass is 16.6. The Hall–Kier alpha value is -3.08. The summed E-state index contributed by atoms with van der Waals surface area (Å²) >= 11 is 0. The van der Waals surface area contributed by atoms with E-state index in [1.54, 1.807) is 30.3 Å². The summed E-state index contributed by atoms with van der Waals surface area (Å²) in [4.78, 5) is 19.1. The third kappa shape index (κ3) is 3.55. The number of amides is 1. The van der Waals surface area contributed by atoms with Gasteiger partial charge in [0.2, 0.25) is 0 Å². The summed E-state index contributed by atoms with van der Waals surface area (Å²) in [6, 6.07) is 16.8. The van der Waals surface area contributed by atoms with Gasteiger partial charge in [0, 0.05) is 18.0 Å². The van der Waals surface area contributed by atoms with Gasteiger partial charge in [-0.15, -0.1) is 0 Å². The summed E-state index contributed by atoms with van der Waals surface area (Å²) < 4.78 is 5.88. The fraction of sp³-hybridized carbons (Fsp3) is 0.200. The van der Waals surface area contributed by atoms with E-state index in [2.05, 4.69) is 9.99 Å². The molecule has 0 aliphatic heterocycles. The fourth-order valence-electron chi connectivity index (χ4n) is 2.60. The van der Waals surface area contributed by atoms with Crippen molar-refractivity contribution in [2.45, 2.75) is 13.0 Å². The SMILES string of the molecule is CO/N=C/c1ccc(C(=O)N(C)C(C)c2cc3ccccc3o2)cc1. The predicted molar refractivity (Wildman–Crippen MR) is 97.8 cm³/mol. The molecule has 0 spiro atoms. The van der Waals surface area contributed by atoms with Gasteiger partial charge >= 0.3 is 0 Å². The lowest BCUT2D eigenvalue weighted by atomic mass is 10.1. The van der Waals surface area contributed by atoms with Crippen LogP contribution in [0.15, 0.2) is 64.2 Å². The molecule has 5 nitrogen and oxygen atoms in total. The maximum Gasteiger partial charge on any atom is 0.254 e. The molecule has 2 aromatic carbocycles. The predicted octanol–water partition coefficient (Wildman–Crippen LogP) is 4.25. The average Bonchev–Trinajstić information content (AvgIpc) is 3.09. The summed E-state index contributed by atoms with van der Waals surface area (Å²) in [6.45, 7) is 1.95. The molecule has 0 saturated carbocycles. The number of furan rings is 1. The molecule has 1 unspecified atom stereocenters. The molecule has 0 saturated heterocycles. The first-order valence-electron chi connectivity index (χ1n) is 8.02. The summed E-state index contributed by atoms with van der Waals surface area (Å²) in [5.74, 6) is 0.698. The van der Waals surface area contributed by atoms with E-state index in [1.165, 1.54) is 7.11 Å². The topological polar surface area (TPSA) is 55.0 Å². The zero-order chi connectivity index (χ0) is 17.8. The molecule has 1 amide bonds. The summed E-state index contributed by atoms with van der Waals surface area (Å²) in [7, 11) is 3.27. The second kappa shape index (κ2) is 7.21. The molecular weight excluding hydrogens is 316 g/mol. The number of oxime groups is 1. The fourth-order valence-corrected chi connectivity index (χ4v) is 2.60. The molecule has 0 aliphatic rings. The van der Waals surface area contributed by atoms with Gasteiger partial charge in [-0.1, -0.05) is 35.5 Å². The average molecular weight is 336 g/mol. The first kappa shape index (κ1) is 16.8. The molecular formula is C20H20N2O3. The van der Waals surface area contributed by atoms with Gasteiger partial charge in [-0.25, -0.2) is 0 Å². The molecule has 128 valence electrons. The Morgan fingerprint density at radius 2 is 1.92 bits per heavy atom. The Kier molecular flexibility index (Phi) is 4.84. The molecule has 5 heteroatoms. The minimum Gasteiger partial charge on any atom is -0.459 e. The molecule has 1 atom stereocenters. The number of nitrogens with zero attached hydrogens (tertiary/aromatic N) is 2. The standard InChI is InChI=1S/C20H20N2O3/c1-14(19-12-17-6-4-5-7-18(17)25-19)22(2)20(23)16-10-8-15(9-11-16)13-21-24-3/h4-14H,1-3H3/b21-13+. The van der Waals surface area contributed by atoms with E-state index in [-0.39, 0.29) is 11.9 Å². The number of carbonyl (C=O) groups is 1. The molecule has 0 N–H and O–H groups in total. The molecule has 1 heterocycles. The van der Waals surface area contributed by atoms with Gasteiger partial charge in [0.1, 0.15) is 18.5 Å². The number of rotatable bonds is 5. The summed E-state index contributed by atoms with van der Waals surface area (Å²) in [6.07, 6.45) is 1.59. The number of benzene rings is 2. The second-order valence-corrected chi connectivity index (χ2v) is 5.82. The van der Waals surface area contributed by atoms with Gasteiger partial charge in [-0.3, -0.25) is 4.79 Å². The second-order valence-electron chi connectivity index (χ2n) is 5.82. The quantitative estimate of drug-likeness (QED) is 0.517. The van der Waals surface area contributed by atoms with Gasteiger partial charge in [0.05, 0.1) is 12.3 Å². The van der Waals surface area contributed by atoms with Crippen molar-refractivity contribution in [1.82, 2.24) is 4.90 Å². The van der Waals surface area contributed by atoms with Gasteiger partial charge < -0.3 is 14.2 Å². The highest BCUT2D eigenvalue weighted by Gasteiger charge is 2.21. The van der Waals surface area contributed by atoms with Crippen molar-refractivity contribution in [1.29, 1.82) is 0 Å². The van der Waals surface area contributed by atoms with Gasteiger partial charge in [-0.05, 0) is 36.8 Å². The Balaban J connectivity index is 1.77. The molecule has 25 heavy (non-hydrogen) atoms. The highest BCUT2D eigenvalue weighted by molar-refractivity contribution is 5.95. The molecule has 1 aromatic heterocycles. The van der Waals surface area contributed by atoms with Crippen molar-refractivity contribution in [3.63, 3.8) is 0 Å². The van der Waals surface area contributed by atoms with Crippen molar-refractivity contribution in [2.75, 3.05) is 14.2 Å². The maximum absolute atomic E-state index is 12.7. The van der Waals surface area contributed by atoms with E-state index in [9.17, 15) is 4.79 Å². The molecule has 0 radical (unpaired) electrons. The third-order valence-electron chi connectivity index (χ3n) is 4.22. The molecule has 0 fully saturated rings. The van der Waals surface area contributed by atoms with Crippen LogP contribution in [-0.2, 0) is 4.84 Å². The molecule has 0 bridgehead atoms. The van der Waals surface area contributed by atoms with Crippen LogP contribution in [0.3, 0.4) is 0 Å². The normalized spacial score (nSPS) is 12.4. The maximum atomic E-state index is 12.7. The zero-order valence-electron chi connectivity index (χ0n) is 14.5. The monoisotopic (exact) mass is 336 g/mol. The zero-order valence-corrected chi connectivity index (χ0v) is 14.5. The van der Waals surface area contributed by atoms with Crippen LogP contribution in [0.5, 0.6) is 0 Å². The van der Waals surface area contributed by atoms with Crippen molar-refractivity contribution in [2.24, 2.45) is 5.16 Å². The Labute approximate surface area is 146 Å². The number of fused-ring (bicyclic) bond motifs is 1. The van der Waals surface area contributed by atoms with Gasteiger partial charge in [0.25, 0.3) is 5.91 Å². The summed E-state index contributed by atoms with van der Waals surface area (Å²) in [5.41, 5.74) is 2.30. The summed E-state index contributed by atoms with van der Waals surface area (Å²) in [5, 5.41) is 4.74. The Morgan fingerprint density at radius 3 is 2.60 bits per heavy atom. The number of hydrogen-bond donors (Lipinski definition) is 0. The first-order valence-corrected chi connectivity index (χ1v) is 8.02. The van der Waals surface area contributed by atoms with E-state index in [1.807, 2.05) is 49.4 Å². The minimum atomic E-state index is -0.172. The largest absolute Gasteiger partial charge is 0.459 e. The Bertz CT molecular complexity index is 864. The number of para-hydroxylation sites is 1. The molecule has 3 aromatic rings. The van der Waals surface area contributed by atoms with Crippen molar-refractivity contribution < 1.29 is 14.0 Å². The van der Waals surface area contributed by atoms with Crippen molar-refractivity contribution in [3.8, 4) is 0 Å². The van der Waals surface area contributed by atoms with Crippen LogP contribution in [0, 0.1) is 0 Å². The van der Waals surface area contributed by atoms with E-state index >= 15 is 0 Å². The highest BCUT2D eigenvalue weighted by Crippen LogP contribution is 2.27. The van der Waals surface area contributed by atoms with E-state index in [0.29, 0.717) is 5.56 Å². The first-order chi connectivity index (χ1) is 12.1.